The fraction of sp³-hybridized carbons (Fsp3) is 0. The van der Waals surface area contributed by atoms with Gasteiger partial charge in [-0.1, -0.05) is 24.3 Å². The highest BCUT2D eigenvalue weighted by Crippen LogP contribution is 2.40. The predicted octanol–water partition coefficient (Wildman–Crippen LogP) is 11.0. The Kier molecular flexibility index (Phi) is 6.37. The number of aromatic nitrogens is 4. The molecular formula is C38H17F4N5OS. The van der Waals surface area contributed by atoms with Crippen molar-refractivity contribution in [3.05, 3.63) is 138 Å². The lowest BCUT2D eigenvalue weighted by atomic mass is 10.1. The zero-order valence-corrected chi connectivity index (χ0v) is 25.7. The highest BCUT2D eigenvalue weighted by molar-refractivity contribution is 7.21. The monoisotopic (exact) mass is 667 g/mol. The van der Waals surface area contributed by atoms with E-state index >= 15 is 0 Å². The summed E-state index contributed by atoms with van der Waals surface area (Å²) in [4.78, 5) is 16.3. The molecular weight excluding hydrogens is 651 g/mol. The summed E-state index contributed by atoms with van der Waals surface area (Å²) in [5.41, 5.74) is 3.47. The van der Waals surface area contributed by atoms with Crippen molar-refractivity contribution in [2.75, 3.05) is 0 Å². The Morgan fingerprint density at radius 3 is 2.04 bits per heavy atom. The molecule has 0 amide bonds. The topological polar surface area (TPSA) is 61.1 Å². The van der Waals surface area contributed by atoms with Crippen molar-refractivity contribution >= 4 is 60.1 Å². The number of nitrogens with zero attached hydrogens (tertiary/aromatic N) is 5. The molecule has 0 aliphatic heterocycles. The number of fused-ring (bicyclic) bond motifs is 5. The molecule has 0 bridgehead atoms. The van der Waals surface area contributed by atoms with E-state index in [-0.39, 0.29) is 5.69 Å². The number of halogens is 4. The Bertz CT molecular complexity index is 2620. The molecule has 9 aromatic rings. The average Bonchev–Trinajstić information content (AvgIpc) is 3.85. The van der Waals surface area contributed by atoms with Crippen LogP contribution in [0, 0.1) is 29.8 Å². The van der Waals surface area contributed by atoms with Gasteiger partial charge < -0.3 is 8.98 Å². The highest BCUT2D eigenvalue weighted by atomic mass is 32.1. The summed E-state index contributed by atoms with van der Waals surface area (Å²) in [6.07, 6.45) is 1.38. The summed E-state index contributed by atoms with van der Waals surface area (Å²) in [6, 6.07) is 30.1. The second-order valence-corrected chi connectivity index (χ2v) is 12.3. The first-order chi connectivity index (χ1) is 23.9. The maximum absolute atomic E-state index is 14.9. The number of para-hydroxylation sites is 3. The van der Waals surface area contributed by atoms with Crippen LogP contribution < -0.4 is 0 Å². The quantitative estimate of drug-likeness (QED) is 0.106. The SMILES string of the molecule is [C-]#[N+]c1c(F)c(F)c(-c2ccc(-n3c4ccc(-c5nc6ccccc6o5)cc4c4cc(-c5nc6ccccc6s5)ccc43)cn2)c(F)c1F. The molecule has 4 aromatic heterocycles. The lowest BCUT2D eigenvalue weighted by Gasteiger charge is -2.11. The smallest absolute Gasteiger partial charge is 0.262 e. The van der Waals surface area contributed by atoms with Crippen LogP contribution in [-0.2, 0) is 0 Å². The van der Waals surface area contributed by atoms with Crippen LogP contribution in [0.5, 0.6) is 0 Å². The van der Waals surface area contributed by atoms with Gasteiger partial charge in [-0.3, -0.25) is 4.98 Å². The van der Waals surface area contributed by atoms with Gasteiger partial charge in [0.15, 0.2) is 28.9 Å². The van der Waals surface area contributed by atoms with Crippen molar-refractivity contribution in [1.29, 1.82) is 0 Å². The van der Waals surface area contributed by atoms with Crippen LogP contribution in [0.4, 0.5) is 23.2 Å². The van der Waals surface area contributed by atoms with Crippen LogP contribution in [0.25, 0.3) is 86.9 Å². The van der Waals surface area contributed by atoms with Crippen LogP contribution in [0.2, 0.25) is 0 Å². The van der Waals surface area contributed by atoms with Crippen molar-refractivity contribution < 1.29 is 22.0 Å². The molecule has 49 heavy (non-hydrogen) atoms. The van der Waals surface area contributed by atoms with Gasteiger partial charge in [-0.15, -0.1) is 11.3 Å². The Morgan fingerprint density at radius 2 is 1.37 bits per heavy atom. The van der Waals surface area contributed by atoms with Crippen LogP contribution in [-0.4, -0.2) is 19.5 Å². The largest absolute Gasteiger partial charge is 0.436 e. The van der Waals surface area contributed by atoms with Gasteiger partial charge in [-0.2, -0.15) is 0 Å². The molecule has 0 aliphatic carbocycles. The van der Waals surface area contributed by atoms with E-state index in [1.165, 1.54) is 12.3 Å². The molecule has 11 heteroatoms. The van der Waals surface area contributed by atoms with Gasteiger partial charge in [0.2, 0.25) is 5.89 Å². The van der Waals surface area contributed by atoms with Crippen LogP contribution in [0.1, 0.15) is 0 Å². The van der Waals surface area contributed by atoms with Crippen molar-refractivity contribution in [1.82, 2.24) is 19.5 Å². The summed E-state index contributed by atoms with van der Waals surface area (Å²) in [6.45, 7) is 6.89. The summed E-state index contributed by atoms with van der Waals surface area (Å²) >= 11 is 1.59. The fourth-order valence-corrected chi connectivity index (χ4v) is 7.13. The van der Waals surface area contributed by atoms with Gasteiger partial charge in [0.25, 0.3) is 5.69 Å². The third kappa shape index (κ3) is 4.42. The first-order valence-electron chi connectivity index (χ1n) is 14.9. The van der Waals surface area contributed by atoms with E-state index in [9.17, 15) is 17.6 Å². The molecule has 5 aromatic carbocycles. The molecule has 0 saturated carbocycles. The molecule has 0 fully saturated rings. The number of hydrogen-bond donors (Lipinski definition) is 0. The van der Waals surface area contributed by atoms with Gasteiger partial charge in [0, 0.05) is 21.9 Å². The zero-order chi connectivity index (χ0) is 33.4. The van der Waals surface area contributed by atoms with Gasteiger partial charge >= 0.3 is 0 Å². The summed E-state index contributed by atoms with van der Waals surface area (Å²) in [7, 11) is 0. The minimum atomic E-state index is -1.77. The zero-order valence-electron chi connectivity index (χ0n) is 24.9. The molecule has 6 nitrogen and oxygen atoms in total. The Balaban J connectivity index is 1.23. The third-order valence-corrected chi connectivity index (χ3v) is 9.55. The minimum absolute atomic E-state index is 0.329. The summed E-state index contributed by atoms with van der Waals surface area (Å²) in [5.74, 6) is -6.44. The number of hydrogen-bond acceptors (Lipinski definition) is 5. The highest BCUT2D eigenvalue weighted by Gasteiger charge is 2.27. The van der Waals surface area contributed by atoms with Gasteiger partial charge in [0.05, 0.1) is 51.0 Å². The molecule has 0 spiro atoms. The van der Waals surface area contributed by atoms with Gasteiger partial charge in [-0.25, -0.2) is 32.4 Å². The summed E-state index contributed by atoms with van der Waals surface area (Å²) < 4.78 is 67.7. The van der Waals surface area contributed by atoms with Crippen LogP contribution in [0.15, 0.2) is 108 Å². The number of oxazole rings is 1. The maximum Gasteiger partial charge on any atom is 0.262 e. The molecule has 234 valence electrons. The standard InChI is InChI=1S/C38H17F4N5OS/c1-43-36-34(41)32(39)31(33(40)35(36)42)26-13-12-21(18-44-26)47-27-14-10-19(37-45-24-6-2-4-8-29(24)48-37)16-22(27)23-17-20(11-15-28(23)47)38-46-25-7-3-5-9-30(25)49-38/h2-18H. The Morgan fingerprint density at radius 1 is 0.694 bits per heavy atom. The number of rotatable bonds is 4. The average molecular weight is 668 g/mol. The van der Waals surface area contributed by atoms with Crippen molar-refractivity contribution in [2.24, 2.45) is 0 Å². The molecule has 4 heterocycles. The molecule has 0 saturated heterocycles. The van der Waals surface area contributed by atoms with E-state index in [2.05, 4.69) is 20.9 Å². The van der Waals surface area contributed by atoms with Crippen molar-refractivity contribution in [3.8, 4) is 39.0 Å². The second-order valence-electron chi connectivity index (χ2n) is 11.3. The predicted molar refractivity (Wildman–Crippen MR) is 182 cm³/mol. The van der Waals surface area contributed by atoms with E-state index in [0.717, 1.165) is 53.7 Å². The molecule has 0 aliphatic rings. The van der Waals surface area contributed by atoms with Crippen LogP contribution >= 0.6 is 11.3 Å². The Hall–Kier alpha value is -6.38. The lowest BCUT2D eigenvalue weighted by molar-refractivity contribution is 0.465. The molecule has 0 N–H and O–H groups in total. The molecule has 0 radical (unpaired) electrons. The van der Waals surface area contributed by atoms with Gasteiger partial charge in [-0.05, 0) is 72.8 Å². The van der Waals surface area contributed by atoms with E-state index in [1.807, 2.05) is 83.4 Å². The summed E-state index contributed by atoms with van der Waals surface area (Å²) in [5, 5.41) is 2.63. The van der Waals surface area contributed by atoms with E-state index in [0.29, 0.717) is 17.2 Å². The van der Waals surface area contributed by atoms with Crippen molar-refractivity contribution in [2.45, 2.75) is 0 Å². The fourth-order valence-electron chi connectivity index (χ4n) is 6.17. The van der Waals surface area contributed by atoms with E-state index in [4.69, 9.17) is 16.0 Å². The van der Waals surface area contributed by atoms with E-state index < -0.39 is 34.5 Å². The third-order valence-electron chi connectivity index (χ3n) is 8.46. The van der Waals surface area contributed by atoms with Crippen molar-refractivity contribution in [3.63, 3.8) is 0 Å². The number of benzene rings is 5. The maximum atomic E-state index is 14.9. The number of pyridine rings is 1. The van der Waals surface area contributed by atoms with E-state index in [1.54, 1.807) is 17.4 Å². The van der Waals surface area contributed by atoms with Gasteiger partial charge in [0.1, 0.15) is 10.5 Å². The second kappa shape index (κ2) is 10.8. The first-order valence-corrected chi connectivity index (χ1v) is 15.7. The first kappa shape index (κ1) is 28.8. The normalized spacial score (nSPS) is 11.7. The molecule has 9 rings (SSSR count). The lowest BCUT2D eigenvalue weighted by Crippen LogP contribution is -2.02. The molecule has 0 atom stereocenters. The number of thiazole rings is 1. The Labute approximate surface area is 278 Å². The van der Waals surface area contributed by atoms with Crippen LogP contribution in [0.3, 0.4) is 0 Å². The minimum Gasteiger partial charge on any atom is -0.436 e. The molecule has 0 unspecified atom stereocenters.